The van der Waals surface area contributed by atoms with E-state index in [1.807, 2.05) is 0 Å². The van der Waals surface area contributed by atoms with Crippen LogP contribution in [0.1, 0.15) is 64.7 Å². The largest absolute Gasteiger partial charge is 0.378 e. The van der Waals surface area contributed by atoms with Crippen LogP contribution in [0.25, 0.3) is 0 Å². The second-order valence-corrected chi connectivity index (χ2v) is 6.37. The molecule has 2 fully saturated rings. The standard InChI is InChI=1S/C15H30N2O/c1-12-5-2-6-13(11-12)15(17-16)9-3-7-14-8-4-10-18-14/h12-15,17H,2-11,16H2,1H3. The van der Waals surface area contributed by atoms with E-state index in [0.717, 1.165) is 18.4 Å². The van der Waals surface area contributed by atoms with Gasteiger partial charge in [0.1, 0.15) is 0 Å². The van der Waals surface area contributed by atoms with Gasteiger partial charge in [0.2, 0.25) is 0 Å². The molecule has 1 saturated heterocycles. The van der Waals surface area contributed by atoms with E-state index in [9.17, 15) is 0 Å². The predicted octanol–water partition coefficient (Wildman–Crippen LogP) is 2.99. The molecule has 0 aromatic heterocycles. The first kappa shape index (κ1) is 14.3. The summed E-state index contributed by atoms with van der Waals surface area (Å²) >= 11 is 0. The number of hydrazine groups is 1. The van der Waals surface area contributed by atoms with Crippen molar-refractivity contribution in [2.24, 2.45) is 17.7 Å². The zero-order valence-electron chi connectivity index (χ0n) is 11.9. The van der Waals surface area contributed by atoms with Crippen LogP contribution in [0, 0.1) is 11.8 Å². The average Bonchev–Trinajstić information content (AvgIpc) is 2.88. The highest BCUT2D eigenvalue weighted by Crippen LogP contribution is 2.32. The molecule has 4 atom stereocenters. The number of hydrogen-bond donors (Lipinski definition) is 2. The molecule has 3 N–H and O–H groups in total. The van der Waals surface area contributed by atoms with Gasteiger partial charge < -0.3 is 4.74 Å². The van der Waals surface area contributed by atoms with Gasteiger partial charge in [-0.15, -0.1) is 0 Å². The lowest BCUT2D eigenvalue weighted by molar-refractivity contribution is 0.0994. The number of nitrogens with one attached hydrogen (secondary N) is 1. The van der Waals surface area contributed by atoms with Gasteiger partial charge in [0.15, 0.2) is 0 Å². The summed E-state index contributed by atoms with van der Waals surface area (Å²) in [6.07, 6.45) is 12.3. The minimum atomic E-state index is 0.522. The van der Waals surface area contributed by atoms with Crippen LogP contribution in [0.5, 0.6) is 0 Å². The van der Waals surface area contributed by atoms with Crippen molar-refractivity contribution in [2.75, 3.05) is 6.61 Å². The SMILES string of the molecule is CC1CCCC(C(CCCC2CCCO2)NN)C1. The number of hydrogen-bond acceptors (Lipinski definition) is 3. The van der Waals surface area contributed by atoms with Gasteiger partial charge in [-0.05, 0) is 56.8 Å². The van der Waals surface area contributed by atoms with E-state index in [1.54, 1.807) is 0 Å². The molecule has 0 spiro atoms. The Labute approximate surface area is 112 Å². The summed E-state index contributed by atoms with van der Waals surface area (Å²) in [6, 6.07) is 0.522. The van der Waals surface area contributed by atoms with Crippen molar-refractivity contribution in [1.82, 2.24) is 5.43 Å². The maximum Gasteiger partial charge on any atom is 0.0576 e. The molecule has 4 unspecified atom stereocenters. The van der Waals surface area contributed by atoms with Crippen LogP contribution in [0.3, 0.4) is 0 Å². The van der Waals surface area contributed by atoms with Gasteiger partial charge in [-0.1, -0.05) is 19.8 Å². The Morgan fingerprint density at radius 1 is 1.28 bits per heavy atom. The maximum atomic E-state index is 5.76. The Morgan fingerprint density at radius 3 is 2.83 bits per heavy atom. The fourth-order valence-corrected chi connectivity index (χ4v) is 3.74. The lowest BCUT2D eigenvalue weighted by atomic mass is 9.77. The average molecular weight is 254 g/mol. The van der Waals surface area contributed by atoms with E-state index in [4.69, 9.17) is 10.6 Å². The Kier molecular flexibility index (Phi) is 5.93. The Hall–Kier alpha value is -0.120. The topological polar surface area (TPSA) is 47.3 Å². The minimum Gasteiger partial charge on any atom is -0.378 e. The van der Waals surface area contributed by atoms with E-state index in [-0.39, 0.29) is 0 Å². The summed E-state index contributed by atoms with van der Waals surface area (Å²) in [5.41, 5.74) is 3.08. The highest BCUT2D eigenvalue weighted by atomic mass is 16.5. The Bertz CT molecular complexity index is 229. The number of nitrogens with two attached hydrogens (primary N) is 1. The second kappa shape index (κ2) is 7.46. The molecule has 0 bridgehead atoms. The monoisotopic (exact) mass is 254 g/mol. The summed E-state index contributed by atoms with van der Waals surface area (Å²) in [6.45, 7) is 3.36. The van der Waals surface area contributed by atoms with Crippen LogP contribution < -0.4 is 11.3 Å². The molecule has 106 valence electrons. The predicted molar refractivity (Wildman–Crippen MR) is 75.1 cm³/mol. The number of rotatable bonds is 6. The Morgan fingerprint density at radius 2 is 2.17 bits per heavy atom. The van der Waals surface area contributed by atoms with Crippen LogP contribution in [0.4, 0.5) is 0 Å². The van der Waals surface area contributed by atoms with Crippen LogP contribution in [0.15, 0.2) is 0 Å². The quantitative estimate of drug-likeness (QED) is 0.566. The molecule has 1 heterocycles. The molecule has 0 aromatic carbocycles. The van der Waals surface area contributed by atoms with Crippen molar-refractivity contribution in [3.8, 4) is 0 Å². The first-order chi connectivity index (χ1) is 8.79. The third-order valence-corrected chi connectivity index (χ3v) is 4.83. The molecule has 1 aliphatic carbocycles. The lowest BCUT2D eigenvalue weighted by Crippen LogP contribution is -2.42. The van der Waals surface area contributed by atoms with Crippen LogP contribution in [-0.4, -0.2) is 18.8 Å². The van der Waals surface area contributed by atoms with Crippen LogP contribution in [0.2, 0.25) is 0 Å². The minimum absolute atomic E-state index is 0.522. The fourth-order valence-electron chi connectivity index (χ4n) is 3.74. The normalized spacial score (nSPS) is 34.7. The van der Waals surface area contributed by atoms with Crippen molar-refractivity contribution in [1.29, 1.82) is 0 Å². The van der Waals surface area contributed by atoms with Gasteiger partial charge in [0.05, 0.1) is 6.10 Å². The third kappa shape index (κ3) is 4.22. The molecule has 1 aliphatic heterocycles. The summed E-state index contributed by atoms with van der Waals surface area (Å²) < 4.78 is 5.68. The lowest BCUT2D eigenvalue weighted by Gasteiger charge is -2.33. The fraction of sp³-hybridized carbons (Fsp3) is 1.00. The zero-order chi connectivity index (χ0) is 12.8. The van der Waals surface area contributed by atoms with Gasteiger partial charge in [-0.25, -0.2) is 0 Å². The molecule has 1 saturated carbocycles. The van der Waals surface area contributed by atoms with Crippen molar-refractivity contribution in [3.05, 3.63) is 0 Å². The molecule has 3 nitrogen and oxygen atoms in total. The van der Waals surface area contributed by atoms with E-state index in [2.05, 4.69) is 12.3 Å². The number of ether oxygens (including phenoxy) is 1. The first-order valence-electron chi connectivity index (χ1n) is 7.87. The molecule has 18 heavy (non-hydrogen) atoms. The molecule has 2 rings (SSSR count). The summed E-state index contributed by atoms with van der Waals surface area (Å²) in [7, 11) is 0. The molecular formula is C15H30N2O. The molecule has 2 aliphatic rings. The molecule has 3 heteroatoms. The molecule has 0 radical (unpaired) electrons. The third-order valence-electron chi connectivity index (χ3n) is 4.83. The van der Waals surface area contributed by atoms with E-state index >= 15 is 0 Å². The van der Waals surface area contributed by atoms with Gasteiger partial charge in [-0.3, -0.25) is 11.3 Å². The highest BCUT2D eigenvalue weighted by Gasteiger charge is 2.26. The summed E-state index contributed by atoms with van der Waals surface area (Å²) in [5.74, 6) is 7.44. The van der Waals surface area contributed by atoms with Gasteiger partial charge in [0, 0.05) is 12.6 Å². The smallest absolute Gasteiger partial charge is 0.0576 e. The summed E-state index contributed by atoms with van der Waals surface area (Å²) in [5, 5.41) is 0. The second-order valence-electron chi connectivity index (χ2n) is 6.37. The van der Waals surface area contributed by atoms with Gasteiger partial charge in [0.25, 0.3) is 0 Å². The maximum absolute atomic E-state index is 5.76. The molecule has 0 aromatic rings. The molecule has 0 amide bonds. The molecular weight excluding hydrogens is 224 g/mol. The van der Waals surface area contributed by atoms with Gasteiger partial charge >= 0.3 is 0 Å². The first-order valence-corrected chi connectivity index (χ1v) is 7.87. The van der Waals surface area contributed by atoms with Crippen molar-refractivity contribution in [2.45, 2.75) is 76.9 Å². The van der Waals surface area contributed by atoms with E-state index in [1.165, 1.54) is 57.8 Å². The zero-order valence-corrected chi connectivity index (χ0v) is 11.9. The van der Waals surface area contributed by atoms with Crippen LogP contribution >= 0.6 is 0 Å². The van der Waals surface area contributed by atoms with Crippen LogP contribution in [-0.2, 0) is 4.74 Å². The van der Waals surface area contributed by atoms with Crippen molar-refractivity contribution < 1.29 is 4.74 Å². The highest BCUT2D eigenvalue weighted by molar-refractivity contribution is 4.80. The van der Waals surface area contributed by atoms with E-state index in [0.29, 0.717) is 12.1 Å². The summed E-state index contributed by atoms with van der Waals surface area (Å²) in [4.78, 5) is 0. The van der Waals surface area contributed by atoms with E-state index < -0.39 is 0 Å². The van der Waals surface area contributed by atoms with Crippen molar-refractivity contribution in [3.63, 3.8) is 0 Å². The Balaban J connectivity index is 1.67. The van der Waals surface area contributed by atoms with Crippen molar-refractivity contribution >= 4 is 0 Å². The van der Waals surface area contributed by atoms with Gasteiger partial charge in [-0.2, -0.15) is 0 Å².